The Bertz CT molecular complexity index is 766. The molecule has 0 unspecified atom stereocenters. The zero-order valence-electron chi connectivity index (χ0n) is 14.1. The summed E-state index contributed by atoms with van der Waals surface area (Å²) in [5, 5.41) is 3.40. The van der Waals surface area contributed by atoms with E-state index < -0.39 is 10.0 Å². The maximum absolute atomic E-state index is 12.0. The fourth-order valence-electron chi connectivity index (χ4n) is 2.38. The molecule has 0 atom stereocenters. The van der Waals surface area contributed by atoms with Crippen LogP contribution in [0, 0.1) is 13.8 Å². The van der Waals surface area contributed by atoms with Gasteiger partial charge >= 0.3 is 0 Å². The van der Waals surface area contributed by atoms with E-state index in [1.165, 1.54) is 35.1 Å². The van der Waals surface area contributed by atoms with Gasteiger partial charge in [-0.2, -0.15) is 0 Å². The molecule has 4 nitrogen and oxygen atoms in total. The van der Waals surface area contributed by atoms with E-state index in [2.05, 4.69) is 37.4 Å². The van der Waals surface area contributed by atoms with E-state index >= 15 is 0 Å². The van der Waals surface area contributed by atoms with Crippen molar-refractivity contribution in [3.8, 4) is 0 Å². The third-order valence-corrected chi connectivity index (χ3v) is 5.67. The molecule has 0 saturated carbocycles. The third kappa shape index (κ3) is 4.41. The Hall–Kier alpha value is -1.69. The van der Waals surface area contributed by atoms with Crippen molar-refractivity contribution in [3.63, 3.8) is 0 Å². The van der Waals surface area contributed by atoms with E-state index in [1.54, 1.807) is 12.1 Å². The van der Waals surface area contributed by atoms with E-state index in [4.69, 9.17) is 0 Å². The van der Waals surface area contributed by atoms with Crippen LogP contribution in [0.4, 0.5) is 0 Å². The van der Waals surface area contributed by atoms with Crippen molar-refractivity contribution in [3.05, 3.63) is 64.7 Å². The Morgan fingerprint density at radius 3 is 2.17 bits per heavy atom. The van der Waals surface area contributed by atoms with Crippen LogP contribution in [-0.4, -0.2) is 26.8 Å². The molecule has 2 aromatic carbocycles. The first-order valence-electron chi connectivity index (χ1n) is 7.59. The van der Waals surface area contributed by atoms with Crippen LogP contribution in [-0.2, 0) is 23.1 Å². The maximum Gasteiger partial charge on any atom is 0.242 e. The monoisotopic (exact) mass is 332 g/mol. The Labute approximate surface area is 139 Å². The van der Waals surface area contributed by atoms with Gasteiger partial charge in [-0.25, -0.2) is 12.7 Å². The molecular weight excluding hydrogens is 308 g/mol. The van der Waals surface area contributed by atoms with E-state index in [0.717, 1.165) is 12.1 Å². The molecule has 0 amide bonds. The van der Waals surface area contributed by atoms with Crippen molar-refractivity contribution in [1.29, 1.82) is 0 Å². The molecule has 5 heteroatoms. The molecule has 0 bridgehead atoms. The molecule has 0 spiro atoms. The van der Waals surface area contributed by atoms with Crippen LogP contribution in [0.2, 0.25) is 0 Å². The number of benzene rings is 2. The summed E-state index contributed by atoms with van der Waals surface area (Å²) >= 11 is 0. The van der Waals surface area contributed by atoms with Gasteiger partial charge in [0, 0.05) is 27.2 Å². The molecule has 2 aromatic rings. The number of sulfonamides is 1. The lowest BCUT2D eigenvalue weighted by Gasteiger charge is -2.12. The summed E-state index contributed by atoms with van der Waals surface area (Å²) in [5.41, 5.74) is 4.89. The fraction of sp³-hybridized carbons (Fsp3) is 0.333. The highest BCUT2D eigenvalue weighted by atomic mass is 32.2. The van der Waals surface area contributed by atoms with Gasteiger partial charge in [0.25, 0.3) is 0 Å². The lowest BCUT2D eigenvalue weighted by molar-refractivity contribution is 0.520. The molecule has 0 aliphatic carbocycles. The minimum Gasteiger partial charge on any atom is -0.309 e. The first kappa shape index (κ1) is 17.7. The molecule has 0 aliphatic rings. The first-order valence-corrected chi connectivity index (χ1v) is 9.03. The van der Waals surface area contributed by atoms with E-state index in [9.17, 15) is 8.42 Å². The zero-order valence-corrected chi connectivity index (χ0v) is 14.9. The van der Waals surface area contributed by atoms with Crippen LogP contribution < -0.4 is 5.32 Å². The lowest BCUT2D eigenvalue weighted by atomic mass is 10.1. The summed E-state index contributed by atoms with van der Waals surface area (Å²) in [6.45, 7) is 5.71. The molecule has 0 radical (unpaired) electrons. The predicted octanol–water partition coefficient (Wildman–Crippen LogP) is 2.84. The van der Waals surface area contributed by atoms with E-state index in [1.807, 2.05) is 12.1 Å². The normalized spacial score (nSPS) is 11.9. The van der Waals surface area contributed by atoms with Crippen LogP contribution in [0.1, 0.15) is 22.3 Å². The van der Waals surface area contributed by atoms with Gasteiger partial charge in [0.1, 0.15) is 0 Å². The van der Waals surface area contributed by atoms with Gasteiger partial charge in [-0.3, -0.25) is 0 Å². The molecule has 0 aromatic heterocycles. The number of aryl methyl sites for hydroxylation is 2. The smallest absolute Gasteiger partial charge is 0.242 e. The van der Waals surface area contributed by atoms with Crippen LogP contribution in [0.25, 0.3) is 0 Å². The summed E-state index contributed by atoms with van der Waals surface area (Å²) in [6.07, 6.45) is 0. The second-order valence-corrected chi connectivity index (χ2v) is 8.12. The number of nitrogens with one attached hydrogen (secondary N) is 1. The summed E-state index contributed by atoms with van der Waals surface area (Å²) in [6, 6.07) is 13.5. The van der Waals surface area contributed by atoms with Crippen LogP contribution in [0.15, 0.2) is 47.4 Å². The average Bonchev–Trinajstić information content (AvgIpc) is 2.50. The number of hydrogen-bond donors (Lipinski definition) is 1. The van der Waals surface area contributed by atoms with Crippen molar-refractivity contribution < 1.29 is 8.42 Å². The molecule has 0 heterocycles. The SMILES string of the molecule is Cc1ccc(CNCc2ccc(S(=O)(=O)N(C)C)cc2)c(C)c1. The van der Waals surface area contributed by atoms with Gasteiger partial charge in [0.2, 0.25) is 10.0 Å². The van der Waals surface area contributed by atoms with E-state index in [0.29, 0.717) is 11.4 Å². The fourth-order valence-corrected chi connectivity index (χ4v) is 3.28. The van der Waals surface area contributed by atoms with Gasteiger partial charge in [-0.05, 0) is 42.7 Å². The van der Waals surface area contributed by atoms with Gasteiger partial charge < -0.3 is 5.32 Å². The molecule has 124 valence electrons. The van der Waals surface area contributed by atoms with Gasteiger partial charge in [-0.15, -0.1) is 0 Å². The largest absolute Gasteiger partial charge is 0.309 e. The molecular formula is C18H24N2O2S. The van der Waals surface area contributed by atoms with Crippen molar-refractivity contribution in [1.82, 2.24) is 9.62 Å². The zero-order chi connectivity index (χ0) is 17.0. The third-order valence-electron chi connectivity index (χ3n) is 3.84. The summed E-state index contributed by atoms with van der Waals surface area (Å²) in [7, 11) is -0.281. The number of rotatable bonds is 6. The lowest BCUT2D eigenvalue weighted by Crippen LogP contribution is -2.22. The highest BCUT2D eigenvalue weighted by molar-refractivity contribution is 7.89. The Balaban J connectivity index is 1.97. The highest BCUT2D eigenvalue weighted by Gasteiger charge is 2.16. The minimum absolute atomic E-state index is 0.320. The Kier molecular flexibility index (Phi) is 5.57. The molecule has 23 heavy (non-hydrogen) atoms. The number of hydrogen-bond acceptors (Lipinski definition) is 3. The van der Waals surface area contributed by atoms with Crippen molar-refractivity contribution >= 4 is 10.0 Å². The Morgan fingerprint density at radius 2 is 1.61 bits per heavy atom. The van der Waals surface area contributed by atoms with Crippen LogP contribution in [0.3, 0.4) is 0 Å². The maximum atomic E-state index is 12.0. The van der Waals surface area contributed by atoms with Gasteiger partial charge in [0.05, 0.1) is 4.90 Å². The van der Waals surface area contributed by atoms with Crippen LogP contribution in [0.5, 0.6) is 0 Å². The Morgan fingerprint density at radius 1 is 0.957 bits per heavy atom. The molecule has 0 saturated heterocycles. The summed E-state index contributed by atoms with van der Waals surface area (Å²) in [5.74, 6) is 0. The van der Waals surface area contributed by atoms with Gasteiger partial charge in [0.15, 0.2) is 0 Å². The summed E-state index contributed by atoms with van der Waals surface area (Å²) in [4.78, 5) is 0.320. The molecule has 0 aliphatic heterocycles. The predicted molar refractivity (Wildman–Crippen MR) is 93.8 cm³/mol. The second kappa shape index (κ2) is 7.25. The quantitative estimate of drug-likeness (QED) is 0.885. The highest BCUT2D eigenvalue weighted by Crippen LogP contribution is 2.14. The van der Waals surface area contributed by atoms with Gasteiger partial charge in [-0.1, -0.05) is 35.9 Å². The van der Waals surface area contributed by atoms with Crippen molar-refractivity contribution in [2.24, 2.45) is 0 Å². The average molecular weight is 332 g/mol. The standard InChI is InChI=1S/C18H24N2O2S/c1-14-5-8-17(15(2)11-14)13-19-12-16-6-9-18(10-7-16)23(21,22)20(3)4/h5-11,19H,12-13H2,1-4H3. The number of nitrogens with zero attached hydrogens (tertiary/aromatic N) is 1. The first-order chi connectivity index (χ1) is 10.8. The van der Waals surface area contributed by atoms with Crippen molar-refractivity contribution in [2.75, 3.05) is 14.1 Å². The summed E-state index contributed by atoms with van der Waals surface area (Å²) < 4.78 is 25.3. The van der Waals surface area contributed by atoms with E-state index in [-0.39, 0.29) is 0 Å². The van der Waals surface area contributed by atoms with Crippen molar-refractivity contribution in [2.45, 2.75) is 31.8 Å². The molecule has 0 fully saturated rings. The minimum atomic E-state index is -3.35. The molecule has 2 rings (SSSR count). The second-order valence-electron chi connectivity index (χ2n) is 5.96. The topological polar surface area (TPSA) is 49.4 Å². The molecule has 1 N–H and O–H groups in total. The van der Waals surface area contributed by atoms with Crippen LogP contribution >= 0.6 is 0 Å².